The summed E-state index contributed by atoms with van der Waals surface area (Å²) >= 11 is 0. The molecule has 1 aliphatic rings. The molecule has 1 fully saturated rings. The molecule has 0 amide bonds. The van der Waals surface area contributed by atoms with Gasteiger partial charge in [0.25, 0.3) is 0 Å². The molecule has 0 saturated carbocycles. The van der Waals surface area contributed by atoms with Crippen LogP contribution in [0.4, 0.5) is 4.39 Å². The molecule has 18 heavy (non-hydrogen) atoms. The van der Waals surface area contributed by atoms with Crippen LogP contribution in [0.25, 0.3) is 0 Å². The summed E-state index contributed by atoms with van der Waals surface area (Å²) in [4.78, 5) is 0. The molecule has 2 N–H and O–H groups in total. The SMILES string of the molecule is Cc1cc(C(N)CCCC2CCCO2)ccc1F. The van der Waals surface area contributed by atoms with Gasteiger partial charge in [-0.25, -0.2) is 4.39 Å². The lowest BCUT2D eigenvalue weighted by atomic mass is 9.98. The molecule has 100 valence electrons. The molecule has 0 spiro atoms. The van der Waals surface area contributed by atoms with Crippen LogP contribution in [0.5, 0.6) is 0 Å². The molecule has 0 aliphatic carbocycles. The van der Waals surface area contributed by atoms with Crippen molar-refractivity contribution < 1.29 is 9.13 Å². The molecule has 2 nitrogen and oxygen atoms in total. The van der Waals surface area contributed by atoms with Crippen molar-refractivity contribution in [1.29, 1.82) is 0 Å². The highest BCUT2D eigenvalue weighted by Gasteiger charge is 2.15. The molecule has 0 aromatic heterocycles. The second-order valence-electron chi connectivity index (χ2n) is 5.18. The van der Waals surface area contributed by atoms with Gasteiger partial charge in [0.15, 0.2) is 0 Å². The third-order valence-electron chi connectivity index (χ3n) is 3.68. The van der Waals surface area contributed by atoms with Crippen LogP contribution < -0.4 is 5.73 Å². The van der Waals surface area contributed by atoms with Crippen LogP contribution in [0, 0.1) is 12.7 Å². The molecule has 1 aliphatic heterocycles. The fourth-order valence-corrected chi connectivity index (χ4v) is 2.50. The van der Waals surface area contributed by atoms with Crippen molar-refractivity contribution in [3.8, 4) is 0 Å². The minimum absolute atomic E-state index is 0.00528. The number of rotatable bonds is 5. The number of ether oxygens (including phenoxy) is 1. The first-order chi connectivity index (χ1) is 8.66. The number of aryl methyl sites for hydroxylation is 1. The minimum Gasteiger partial charge on any atom is -0.378 e. The Bertz CT molecular complexity index is 388. The maximum atomic E-state index is 13.2. The van der Waals surface area contributed by atoms with E-state index in [4.69, 9.17) is 10.5 Å². The van der Waals surface area contributed by atoms with Gasteiger partial charge in [0.05, 0.1) is 6.10 Å². The largest absolute Gasteiger partial charge is 0.378 e. The zero-order valence-corrected chi connectivity index (χ0v) is 11.0. The lowest BCUT2D eigenvalue weighted by molar-refractivity contribution is 0.101. The second-order valence-corrected chi connectivity index (χ2v) is 5.18. The molecule has 1 saturated heterocycles. The van der Waals surface area contributed by atoms with Gasteiger partial charge in [0.1, 0.15) is 5.82 Å². The Morgan fingerprint density at radius 2 is 2.33 bits per heavy atom. The van der Waals surface area contributed by atoms with E-state index in [0.717, 1.165) is 31.4 Å². The molecule has 2 atom stereocenters. The average Bonchev–Trinajstić information content (AvgIpc) is 2.85. The Morgan fingerprint density at radius 1 is 1.50 bits per heavy atom. The Hall–Kier alpha value is -0.930. The molecule has 0 bridgehead atoms. The predicted octanol–water partition coefficient (Wildman–Crippen LogP) is 3.48. The van der Waals surface area contributed by atoms with Crippen molar-refractivity contribution >= 4 is 0 Å². The van der Waals surface area contributed by atoms with E-state index in [1.54, 1.807) is 13.0 Å². The molecule has 2 rings (SSSR count). The van der Waals surface area contributed by atoms with Gasteiger partial charge < -0.3 is 10.5 Å². The van der Waals surface area contributed by atoms with Crippen molar-refractivity contribution in [1.82, 2.24) is 0 Å². The number of benzene rings is 1. The molecule has 1 aromatic rings. The van der Waals surface area contributed by atoms with Gasteiger partial charge in [-0.15, -0.1) is 0 Å². The first kappa shape index (κ1) is 13.5. The third kappa shape index (κ3) is 3.53. The van der Waals surface area contributed by atoms with E-state index in [0.29, 0.717) is 11.7 Å². The number of halogens is 1. The highest BCUT2D eigenvalue weighted by Crippen LogP contribution is 2.22. The van der Waals surface area contributed by atoms with E-state index < -0.39 is 0 Å². The number of nitrogens with two attached hydrogens (primary N) is 1. The normalized spacial score (nSPS) is 21.2. The van der Waals surface area contributed by atoms with Crippen molar-refractivity contribution in [2.75, 3.05) is 6.61 Å². The topological polar surface area (TPSA) is 35.2 Å². The van der Waals surface area contributed by atoms with E-state index in [-0.39, 0.29) is 11.9 Å². The van der Waals surface area contributed by atoms with E-state index in [1.807, 2.05) is 6.07 Å². The highest BCUT2D eigenvalue weighted by atomic mass is 19.1. The number of hydrogen-bond donors (Lipinski definition) is 1. The maximum Gasteiger partial charge on any atom is 0.126 e. The van der Waals surface area contributed by atoms with Gasteiger partial charge in [-0.1, -0.05) is 12.1 Å². The fourth-order valence-electron chi connectivity index (χ4n) is 2.50. The summed E-state index contributed by atoms with van der Waals surface area (Å²) in [7, 11) is 0. The van der Waals surface area contributed by atoms with Crippen molar-refractivity contribution in [2.24, 2.45) is 5.73 Å². The van der Waals surface area contributed by atoms with Crippen molar-refractivity contribution in [2.45, 2.75) is 51.2 Å². The Morgan fingerprint density at radius 3 is 3.00 bits per heavy atom. The minimum atomic E-state index is -0.162. The second kappa shape index (κ2) is 6.30. The van der Waals surface area contributed by atoms with E-state index in [1.165, 1.54) is 18.9 Å². The van der Waals surface area contributed by atoms with Crippen LogP contribution in [0.3, 0.4) is 0 Å². The summed E-state index contributed by atoms with van der Waals surface area (Å²) in [6.45, 7) is 2.69. The van der Waals surface area contributed by atoms with Crippen molar-refractivity contribution in [3.05, 3.63) is 35.1 Å². The van der Waals surface area contributed by atoms with E-state index in [2.05, 4.69) is 0 Å². The smallest absolute Gasteiger partial charge is 0.126 e. The summed E-state index contributed by atoms with van der Waals surface area (Å²) in [5, 5.41) is 0. The van der Waals surface area contributed by atoms with Crippen LogP contribution in [-0.4, -0.2) is 12.7 Å². The van der Waals surface area contributed by atoms with Crippen LogP contribution in [0.1, 0.15) is 49.3 Å². The first-order valence-corrected chi connectivity index (χ1v) is 6.80. The zero-order chi connectivity index (χ0) is 13.0. The van der Waals surface area contributed by atoms with Crippen molar-refractivity contribution in [3.63, 3.8) is 0 Å². The van der Waals surface area contributed by atoms with Gasteiger partial charge in [0.2, 0.25) is 0 Å². The molecule has 1 heterocycles. The van der Waals surface area contributed by atoms with Gasteiger partial charge in [0, 0.05) is 12.6 Å². The Balaban J connectivity index is 1.79. The fraction of sp³-hybridized carbons (Fsp3) is 0.600. The third-order valence-corrected chi connectivity index (χ3v) is 3.68. The molecule has 1 aromatic carbocycles. The monoisotopic (exact) mass is 251 g/mol. The molecular weight excluding hydrogens is 229 g/mol. The Kier molecular flexibility index (Phi) is 4.72. The highest BCUT2D eigenvalue weighted by molar-refractivity contribution is 5.26. The summed E-state index contributed by atoms with van der Waals surface area (Å²) < 4.78 is 18.7. The van der Waals surface area contributed by atoms with Crippen LogP contribution in [0.2, 0.25) is 0 Å². The lowest BCUT2D eigenvalue weighted by Crippen LogP contribution is -2.12. The van der Waals surface area contributed by atoms with Gasteiger partial charge in [-0.05, 0) is 56.2 Å². The summed E-state index contributed by atoms with van der Waals surface area (Å²) in [5.41, 5.74) is 7.83. The van der Waals surface area contributed by atoms with Crippen LogP contribution in [0.15, 0.2) is 18.2 Å². The average molecular weight is 251 g/mol. The maximum absolute atomic E-state index is 13.2. The molecule has 3 heteroatoms. The standard InChI is InChI=1S/C15H22FNO/c1-11-10-12(7-8-14(11)16)15(17)6-2-4-13-5-3-9-18-13/h7-8,10,13,15H,2-6,9,17H2,1H3. The zero-order valence-electron chi connectivity index (χ0n) is 11.0. The van der Waals surface area contributed by atoms with E-state index in [9.17, 15) is 4.39 Å². The molecular formula is C15H22FNO. The number of hydrogen-bond acceptors (Lipinski definition) is 2. The molecule has 2 unspecified atom stereocenters. The summed E-state index contributed by atoms with van der Waals surface area (Å²) in [6.07, 6.45) is 5.91. The van der Waals surface area contributed by atoms with Gasteiger partial charge in [-0.2, -0.15) is 0 Å². The van der Waals surface area contributed by atoms with Crippen LogP contribution in [-0.2, 0) is 4.74 Å². The van der Waals surface area contributed by atoms with E-state index >= 15 is 0 Å². The molecule has 0 radical (unpaired) electrons. The summed E-state index contributed by atoms with van der Waals surface area (Å²) in [6, 6.07) is 5.15. The first-order valence-electron chi connectivity index (χ1n) is 6.80. The predicted molar refractivity (Wildman–Crippen MR) is 70.9 cm³/mol. The Labute approximate surface area is 108 Å². The quantitative estimate of drug-likeness (QED) is 0.869. The van der Waals surface area contributed by atoms with Gasteiger partial charge in [-0.3, -0.25) is 0 Å². The van der Waals surface area contributed by atoms with Gasteiger partial charge >= 0.3 is 0 Å². The summed E-state index contributed by atoms with van der Waals surface area (Å²) in [5.74, 6) is -0.162. The lowest BCUT2D eigenvalue weighted by Gasteiger charge is -2.14. The van der Waals surface area contributed by atoms with Crippen LogP contribution >= 0.6 is 0 Å².